The van der Waals surface area contributed by atoms with Gasteiger partial charge in [-0.15, -0.1) is 0 Å². The van der Waals surface area contributed by atoms with E-state index in [2.05, 4.69) is 10.6 Å². The Hall–Kier alpha value is -3.23. The Bertz CT molecular complexity index is 833. The first kappa shape index (κ1) is 21.1. The second kappa shape index (κ2) is 8.20. The maximum absolute atomic E-state index is 12.2. The molecule has 1 heterocycles. The smallest absolute Gasteiger partial charge is 0.325 e. The van der Waals surface area contributed by atoms with Crippen molar-refractivity contribution in [2.45, 2.75) is 45.8 Å². The average molecular weight is 389 g/mol. The molecule has 1 fully saturated rings. The summed E-state index contributed by atoms with van der Waals surface area (Å²) < 4.78 is 5.06. The fourth-order valence-corrected chi connectivity index (χ4v) is 2.59. The third-order valence-electron chi connectivity index (χ3n) is 4.20. The van der Waals surface area contributed by atoms with Gasteiger partial charge in [0.15, 0.2) is 11.9 Å². The van der Waals surface area contributed by atoms with Gasteiger partial charge in [0.05, 0.1) is 6.42 Å². The summed E-state index contributed by atoms with van der Waals surface area (Å²) in [6, 6.07) is 5.81. The van der Waals surface area contributed by atoms with Crippen molar-refractivity contribution in [3.63, 3.8) is 0 Å². The second-order valence-corrected chi connectivity index (χ2v) is 7.02. The van der Waals surface area contributed by atoms with E-state index >= 15 is 0 Å². The largest absolute Gasteiger partial charge is 0.452 e. The number of urea groups is 1. The third-order valence-corrected chi connectivity index (χ3v) is 4.20. The SMILES string of the molecule is CC(=O)c1cccc(NC(=O)[C@@H](C)OC(=O)CCN2C(=O)NC(C)(C)C2=O)c1. The van der Waals surface area contributed by atoms with Crippen LogP contribution in [0.25, 0.3) is 0 Å². The molecular formula is C19H23N3O6. The van der Waals surface area contributed by atoms with Gasteiger partial charge >= 0.3 is 12.0 Å². The first-order chi connectivity index (χ1) is 13.0. The van der Waals surface area contributed by atoms with Gasteiger partial charge in [0.25, 0.3) is 11.8 Å². The molecule has 150 valence electrons. The number of benzene rings is 1. The number of esters is 1. The van der Waals surface area contributed by atoms with Gasteiger partial charge in [-0.25, -0.2) is 4.79 Å². The first-order valence-corrected chi connectivity index (χ1v) is 8.76. The molecule has 9 heteroatoms. The lowest BCUT2D eigenvalue weighted by Crippen LogP contribution is -2.40. The first-order valence-electron chi connectivity index (χ1n) is 8.76. The lowest BCUT2D eigenvalue weighted by atomic mass is 10.1. The minimum absolute atomic E-state index is 0.137. The van der Waals surface area contributed by atoms with Crippen LogP contribution in [0.1, 0.15) is 44.5 Å². The van der Waals surface area contributed by atoms with Gasteiger partial charge in [0, 0.05) is 17.8 Å². The molecule has 1 aromatic carbocycles. The number of ether oxygens (including phenoxy) is 1. The van der Waals surface area contributed by atoms with Crippen LogP contribution in [0.2, 0.25) is 0 Å². The molecule has 0 aliphatic carbocycles. The summed E-state index contributed by atoms with van der Waals surface area (Å²) >= 11 is 0. The minimum Gasteiger partial charge on any atom is -0.452 e. The van der Waals surface area contributed by atoms with Gasteiger partial charge in [-0.3, -0.25) is 24.1 Å². The van der Waals surface area contributed by atoms with Crippen LogP contribution < -0.4 is 10.6 Å². The van der Waals surface area contributed by atoms with E-state index in [1.807, 2.05) is 0 Å². The Kier molecular flexibility index (Phi) is 6.17. The quantitative estimate of drug-likeness (QED) is 0.414. The summed E-state index contributed by atoms with van der Waals surface area (Å²) in [6.45, 7) is 5.82. The molecule has 0 unspecified atom stereocenters. The van der Waals surface area contributed by atoms with Crippen LogP contribution in [0.5, 0.6) is 0 Å². The molecule has 0 spiro atoms. The van der Waals surface area contributed by atoms with E-state index in [4.69, 9.17) is 4.74 Å². The van der Waals surface area contributed by atoms with Crippen LogP contribution >= 0.6 is 0 Å². The van der Waals surface area contributed by atoms with Crippen LogP contribution in [0.3, 0.4) is 0 Å². The highest BCUT2D eigenvalue weighted by atomic mass is 16.5. The Balaban J connectivity index is 1.86. The van der Waals surface area contributed by atoms with Gasteiger partial charge in [-0.1, -0.05) is 12.1 Å². The molecule has 0 radical (unpaired) electrons. The molecular weight excluding hydrogens is 366 g/mol. The summed E-state index contributed by atoms with van der Waals surface area (Å²) in [4.78, 5) is 60.3. The average Bonchev–Trinajstić information content (AvgIpc) is 2.80. The fourth-order valence-electron chi connectivity index (χ4n) is 2.59. The molecule has 1 aromatic rings. The summed E-state index contributed by atoms with van der Waals surface area (Å²) in [7, 11) is 0. The molecule has 2 N–H and O–H groups in total. The van der Waals surface area contributed by atoms with Gasteiger partial charge in [-0.2, -0.15) is 0 Å². The number of carbonyl (C=O) groups excluding carboxylic acids is 5. The van der Waals surface area contributed by atoms with Crippen molar-refractivity contribution >= 4 is 35.3 Å². The van der Waals surface area contributed by atoms with E-state index < -0.39 is 35.5 Å². The van der Waals surface area contributed by atoms with Crippen molar-refractivity contribution in [3.05, 3.63) is 29.8 Å². The maximum atomic E-state index is 12.2. The van der Waals surface area contributed by atoms with Crippen molar-refractivity contribution in [2.24, 2.45) is 0 Å². The maximum Gasteiger partial charge on any atom is 0.325 e. The van der Waals surface area contributed by atoms with Crippen LogP contribution in [0.15, 0.2) is 24.3 Å². The number of imide groups is 1. The fraction of sp³-hybridized carbons (Fsp3) is 0.421. The zero-order valence-electron chi connectivity index (χ0n) is 16.2. The minimum atomic E-state index is -1.09. The number of nitrogens with zero attached hydrogens (tertiary/aromatic N) is 1. The number of nitrogens with one attached hydrogen (secondary N) is 2. The predicted octanol–water partition coefficient (Wildman–Crippen LogP) is 1.48. The lowest BCUT2D eigenvalue weighted by Gasteiger charge is -2.17. The zero-order chi connectivity index (χ0) is 21.1. The lowest BCUT2D eigenvalue weighted by molar-refractivity contribution is -0.153. The Morgan fingerprint density at radius 3 is 2.50 bits per heavy atom. The monoisotopic (exact) mass is 389 g/mol. The molecule has 4 amide bonds. The molecule has 1 atom stereocenters. The molecule has 1 aliphatic heterocycles. The molecule has 28 heavy (non-hydrogen) atoms. The number of ketones is 1. The summed E-state index contributed by atoms with van der Waals surface area (Å²) in [6.07, 6.45) is -1.32. The van der Waals surface area contributed by atoms with Crippen molar-refractivity contribution in [2.75, 3.05) is 11.9 Å². The van der Waals surface area contributed by atoms with E-state index in [1.165, 1.54) is 19.9 Å². The number of anilines is 1. The topological polar surface area (TPSA) is 122 Å². The number of hydrogen-bond acceptors (Lipinski definition) is 6. The second-order valence-electron chi connectivity index (χ2n) is 7.02. The van der Waals surface area contributed by atoms with Crippen molar-refractivity contribution in [3.8, 4) is 0 Å². The van der Waals surface area contributed by atoms with E-state index in [9.17, 15) is 24.0 Å². The predicted molar refractivity (Wildman–Crippen MR) is 99.6 cm³/mol. The van der Waals surface area contributed by atoms with Gasteiger partial charge in [-0.05, 0) is 39.8 Å². The Morgan fingerprint density at radius 2 is 1.93 bits per heavy atom. The van der Waals surface area contributed by atoms with Crippen LogP contribution in [-0.4, -0.2) is 52.7 Å². The van der Waals surface area contributed by atoms with Crippen molar-refractivity contribution in [1.29, 1.82) is 0 Å². The number of Topliss-reactive ketones (excluding diaryl/α,β-unsaturated/α-hetero) is 1. The van der Waals surface area contributed by atoms with Crippen LogP contribution in [0.4, 0.5) is 10.5 Å². The highest BCUT2D eigenvalue weighted by molar-refractivity contribution is 6.06. The van der Waals surface area contributed by atoms with Gasteiger partial charge < -0.3 is 15.4 Å². The number of amides is 4. The highest BCUT2D eigenvalue weighted by Crippen LogP contribution is 2.17. The Morgan fingerprint density at radius 1 is 1.25 bits per heavy atom. The highest BCUT2D eigenvalue weighted by Gasteiger charge is 2.44. The summed E-state index contributed by atoms with van der Waals surface area (Å²) in [5.74, 6) is -1.85. The third kappa shape index (κ3) is 4.93. The molecule has 0 saturated carbocycles. The van der Waals surface area contributed by atoms with E-state index in [0.29, 0.717) is 11.3 Å². The van der Waals surface area contributed by atoms with E-state index in [1.54, 1.807) is 32.0 Å². The van der Waals surface area contributed by atoms with E-state index in [0.717, 1.165) is 4.90 Å². The number of rotatable bonds is 7. The number of hydrogen-bond donors (Lipinski definition) is 2. The van der Waals surface area contributed by atoms with Crippen molar-refractivity contribution < 1.29 is 28.7 Å². The summed E-state index contributed by atoms with van der Waals surface area (Å²) in [5.41, 5.74) is -0.163. The Labute approximate surface area is 162 Å². The number of carbonyl (C=O) groups is 5. The molecule has 1 aliphatic rings. The van der Waals surface area contributed by atoms with E-state index in [-0.39, 0.29) is 18.7 Å². The normalized spacial score (nSPS) is 16.4. The molecule has 1 saturated heterocycles. The van der Waals surface area contributed by atoms with Crippen LogP contribution in [-0.2, 0) is 19.1 Å². The van der Waals surface area contributed by atoms with Crippen molar-refractivity contribution in [1.82, 2.24) is 10.2 Å². The molecule has 0 bridgehead atoms. The zero-order valence-corrected chi connectivity index (χ0v) is 16.2. The molecule has 2 rings (SSSR count). The van der Waals surface area contributed by atoms with Crippen LogP contribution in [0, 0.1) is 0 Å². The van der Waals surface area contributed by atoms with Gasteiger partial charge in [0.2, 0.25) is 0 Å². The van der Waals surface area contributed by atoms with Gasteiger partial charge in [0.1, 0.15) is 5.54 Å². The summed E-state index contributed by atoms with van der Waals surface area (Å²) in [5, 5.41) is 5.08. The standard InChI is InChI=1S/C19H23N3O6/c1-11(23)13-6-5-7-14(10-13)20-16(25)12(2)28-15(24)8-9-22-17(26)19(3,4)21-18(22)27/h5-7,10,12H,8-9H2,1-4H3,(H,20,25)(H,21,27)/t12-/m1/s1. The molecule has 9 nitrogen and oxygen atoms in total. The molecule has 0 aromatic heterocycles.